The van der Waals surface area contributed by atoms with E-state index in [1.165, 1.54) is 0 Å². The smallest absolute Gasteiger partial charge is 0.0999 e. The summed E-state index contributed by atoms with van der Waals surface area (Å²) in [6.07, 6.45) is 1.57. The summed E-state index contributed by atoms with van der Waals surface area (Å²) in [5.41, 5.74) is -0.823. The van der Waals surface area contributed by atoms with E-state index in [1.807, 2.05) is 0 Å². The first-order valence-electron chi connectivity index (χ1n) is 4.55. The van der Waals surface area contributed by atoms with E-state index in [9.17, 15) is 5.11 Å². The standard InChI is InChI=1S/C10H15O2.W/c1-6-4-10(11)5-9(7(6)2)12-8(10)3;/h3,6-7,9,11H,4-5H2,1-2H3;/q-1;/t6-,7?,9?,10+;/m1./s1. The molecule has 2 aliphatic rings. The summed E-state index contributed by atoms with van der Waals surface area (Å²) in [5.74, 6) is 1.34. The van der Waals surface area contributed by atoms with Crippen molar-refractivity contribution < 1.29 is 30.9 Å². The first-order chi connectivity index (χ1) is 5.53. The van der Waals surface area contributed by atoms with Gasteiger partial charge < -0.3 is 16.4 Å². The second kappa shape index (κ2) is 3.40. The summed E-state index contributed by atoms with van der Waals surface area (Å²) < 4.78 is 5.42. The summed E-state index contributed by atoms with van der Waals surface area (Å²) in [4.78, 5) is 0. The Bertz CT molecular complexity index is 229. The molecular formula is C10H15O2W-. The number of hydrogen-bond donors (Lipinski definition) is 1. The van der Waals surface area contributed by atoms with E-state index in [2.05, 4.69) is 13.8 Å². The Morgan fingerprint density at radius 2 is 2.08 bits per heavy atom. The average molecular weight is 351 g/mol. The molecule has 1 aliphatic heterocycles. The van der Waals surface area contributed by atoms with Crippen LogP contribution in [0.1, 0.15) is 26.7 Å². The van der Waals surface area contributed by atoms with E-state index in [-0.39, 0.29) is 27.2 Å². The fourth-order valence-corrected chi connectivity index (χ4v) is 2.31. The van der Waals surface area contributed by atoms with Gasteiger partial charge in [-0.15, -0.1) is 0 Å². The van der Waals surface area contributed by atoms with Crippen LogP contribution in [0.5, 0.6) is 0 Å². The van der Waals surface area contributed by atoms with Gasteiger partial charge in [0.25, 0.3) is 0 Å². The Labute approximate surface area is 93.6 Å². The van der Waals surface area contributed by atoms with Gasteiger partial charge in [0.05, 0.1) is 11.7 Å². The summed E-state index contributed by atoms with van der Waals surface area (Å²) in [6.45, 7) is 9.93. The molecule has 0 radical (unpaired) electrons. The maximum absolute atomic E-state index is 9.99. The fourth-order valence-electron chi connectivity index (χ4n) is 2.31. The summed E-state index contributed by atoms with van der Waals surface area (Å²) in [5, 5.41) is 9.99. The van der Waals surface area contributed by atoms with Crippen LogP contribution in [0.4, 0.5) is 0 Å². The molecule has 2 bridgehead atoms. The first kappa shape index (κ1) is 11.3. The van der Waals surface area contributed by atoms with Crippen molar-refractivity contribution in [2.24, 2.45) is 11.8 Å². The van der Waals surface area contributed by atoms with Crippen LogP contribution in [-0.2, 0) is 25.8 Å². The van der Waals surface area contributed by atoms with Gasteiger partial charge in [0, 0.05) is 27.5 Å². The van der Waals surface area contributed by atoms with Crippen LogP contribution in [0, 0.1) is 18.4 Å². The Kier molecular flexibility index (Phi) is 2.94. The van der Waals surface area contributed by atoms with Crippen molar-refractivity contribution in [3.63, 3.8) is 0 Å². The Morgan fingerprint density at radius 3 is 2.69 bits per heavy atom. The number of fused-ring (bicyclic) bond motifs is 2. The zero-order chi connectivity index (χ0) is 8.93. The molecule has 1 N–H and O–H groups in total. The van der Waals surface area contributed by atoms with E-state index in [1.54, 1.807) is 0 Å². The molecule has 74 valence electrons. The third kappa shape index (κ3) is 1.59. The zero-order valence-electron chi connectivity index (χ0n) is 7.99. The number of hydrogen-bond acceptors (Lipinski definition) is 2. The van der Waals surface area contributed by atoms with Crippen molar-refractivity contribution in [1.29, 1.82) is 0 Å². The van der Waals surface area contributed by atoms with Crippen LogP contribution in [0.25, 0.3) is 0 Å². The molecule has 2 fully saturated rings. The monoisotopic (exact) mass is 351 g/mol. The van der Waals surface area contributed by atoms with Gasteiger partial charge in [0.1, 0.15) is 0 Å². The normalized spacial score (nSPS) is 48.2. The van der Waals surface area contributed by atoms with E-state index < -0.39 is 5.60 Å². The Balaban J connectivity index is 0.000000845. The summed E-state index contributed by atoms with van der Waals surface area (Å²) in [7, 11) is 0. The van der Waals surface area contributed by atoms with Crippen molar-refractivity contribution in [1.82, 2.24) is 0 Å². The van der Waals surface area contributed by atoms with Gasteiger partial charge in [-0.3, -0.25) is 0 Å². The fraction of sp³-hybridized carbons (Fsp3) is 0.800. The minimum Gasteiger partial charge on any atom is -0.528 e. The third-order valence-electron chi connectivity index (χ3n) is 3.42. The molecule has 0 amide bonds. The van der Waals surface area contributed by atoms with Crippen molar-refractivity contribution in [2.45, 2.75) is 38.4 Å². The van der Waals surface area contributed by atoms with E-state index in [0.29, 0.717) is 24.0 Å². The quantitative estimate of drug-likeness (QED) is 0.671. The average Bonchev–Trinajstić information content (AvgIpc) is 2.22. The van der Waals surface area contributed by atoms with Gasteiger partial charge in [-0.1, -0.05) is 19.6 Å². The minimum absolute atomic E-state index is 0. The van der Waals surface area contributed by atoms with Crippen molar-refractivity contribution in [2.75, 3.05) is 0 Å². The minimum atomic E-state index is -0.823. The van der Waals surface area contributed by atoms with Crippen LogP contribution in [0.3, 0.4) is 0 Å². The number of ether oxygens (including phenoxy) is 1. The Morgan fingerprint density at radius 1 is 1.46 bits per heavy atom. The molecule has 3 heteroatoms. The van der Waals surface area contributed by atoms with Crippen molar-refractivity contribution in [3.8, 4) is 0 Å². The van der Waals surface area contributed by atoms with Crippen molar-refractivity contribution >= 4 is 0 Å². The van der Waals surface area contributed by atoms with Gasteiger partial charge in [0.15, 0.2) is 0 Å². The van der Waals surface area contributed by atoms with E-state index in [4.69, 9.17) is 11.3 Å². The summed E-state index contributed by atoms with van der Waals surface area (Å²) >= 11 is 0. The maximum Gasteiger partial charge on any atom is 0.0999 e. The molecule has 2 rings (SSSR count). The van der Waals surface area contributed by atoms with Crippen LogP contribution < -0.4 is 0 Å². The Hall–Kier alpha value is 0.188. The van der Waals surface area contributed by atoms with Crippen LogP contribution >= 0.6 is 0 Å². The van der Waals surface area contributed by atoms with Crippen LogP contribution in [0.2, 0.25) is 0 Å². The molecule has 0 aromatic carbocycles. The van der Waals surface area contributed by atoms with Gasteiger partial charge >= 0.3 is 0 Å². The second-order valence-electron chi connectivity index (χ2n) is 4.30. The van der Waals surface area contributed by atoms with Crippen LogP contribution in [-0.4, -0.2) is 16.8 Å². The van der Waals surface area contributed by atoms with Gasteiger partial charge in [0.2, 0.25) is 0 Å². The molecule has 1 saturated carbocycles. The van der Waals surface area contributed by atoms with E-state index in [0.717, 1.165) is 6.42 Å². The molecule has 1 heterocycles. The number of aliphatic hydroxyl groups is 1. The van der Waals surface area contributed by atoms with E-state index >= 15 is 0 Å². The van der Waals surface area contributed by atoms with Gasteiger partial charge in [-0.05, 0) is 18.3 Å². The predicted molar refractivity (Wildman–Crippen MR) is 45.2 cm³/mol. The van der Waals surface area contributed by atoms with Gasteiger partial charge in [-0.2, -0.15) is 0 Å². The summed E-state index contributed by atoms with van der Waals surface area (Å²) in [6, 6.07) is 0. The molecule has 0 aromatic heterocycles. The van der Waals surface area contributed by atoms with Gasteiger partial charge in [-0.25, -0.2) is 0 Å². The predicted octanol–water partition coefficient (Wildman–Crippen LogP) is 1.50. The molecular weight excluding hydrogens is 336 g/mol. The van der Waals surface area contributed by atoms with Crippen molar-refractivity contribution in [3.05, 3.63) is 12.3 Å². The molecule has 2 unspecified atom stereocenters. The molecule has 2 nitrogen and oxygen atoms in total. The molecule has 1 aliphatic carbocycles. The molecule has 4 atom stereocenters. The zero-order valence-corrected chi connectivity index (χ0v) is 10.9. The topological polar surface area (TPSA) is 29.5 Å². The second-order valence-corrected chi connectivity index (χ2v) is 4.30. The largest absolute Gasteiger partial charge is 0.528 e. The number of rotatable bonds is 0. The molecule has 0 spiro atoms. The third-order valence-corrected chi connectivity index (χ3v) is 3.42. The SMILES string of the molecule is [CH-]=C1OC2C[C@@]1(O)C[C@@H](C)C2C.[W]. The maximum atomic E-state index is 9.99. The molecule has 1 saturated heterocycles. The molecule has 13 heavy (non-hydrogen) atoms. The molecule has 0 aromatic rings. The van der Waals surface area contributed by atoms with Crippen LogP contribution in [0.15, 0.2) is 5.76 Å². The first-order valence-corrected chi connectivity index (χ1v) is 4.55.